The van der Waals surface area contributed by atoms with E-state index in [1.54, 1.807) is 0 Å². The second-order valence-electron chi connectivity index (χ2n) is 6.12. The minimum absolute atomic E-state index is 0.0149. The van der Waals surface area contributed by atoms with E-state index in [1.807, 2.05) is 0 Å². The van der Waals surface area contributed by atoms with Gasteiger partial charge in [-0.2, -0.15) is 0 Å². The molecule has 0 heterocycles. The summed E-state index contributed by atoms with van der Waals surface area (Å²) in [5.74, 6) is -2.85. The van der Waals surface area contributed by atoms with Gasteiger partial charge in [-0.25, -0.2) is 0 Å². The first-order valence-electron chi connectivity index (χ1n) is 7.97. The first-order chi connectivity index (χ1) is 10.8. The molecule has 7 nitrogen and oxygen atoms in total. The van der Waals surface area contributed by atoms with Crippen LogP contribution in [0.4, 0.5) is 0 Å². The first kappa shape index (κ1) is 19.3. The topological polar surface area (TPSA) is 129 Å². The van der Waals surface area contributed by atoms with Gasteiger partial charge in [-0.3, -0.25) is 19.2 Å². The molecule has 130 valence electrons. The number of carboxylic acid groups (broad SMARTS) is 2. The van der Waals surface area contributed by atoms with E-state index in [4.69, 9.17) is 10.2 Å². The number of aliphatic carboxylic acids is 2. The molecule has 0 aromatic carbocycles. The van der Waals surface area contributed by atoms with E-state index in [0.717, 1.165) is 0 Å². The van der Waals surface area contributed by atoms with Crippen LogP contribution >= 0.6 is 0 Å². The monoisotopic (exact) mass is 328 g/mol. The van der Waals surface area contributed by atoms with Crippen molar-refractivity contribution in [2.75, 3.05) is 0 Å². The lowest BCUT2D eigenvalue weighted by Gasteiger charge is -2.20. The predicted molar refractivity (Wildman–Crippen MR) is 79.8 cm³/mol. The van der Waals surface area contributed by atoms with Crippen molar-refractivity contribution in [2.45, 2.75) is 63.9 Å². The van der Waals surface area contributed by atoms with Crippen molar-refractivity contribution in [1.29, 1.82) is 0 Å². The zero-order valence-corrected chi connectivity index (χ0v) is 13.1. The Labute approximate surface area is 134 Å². The van der Waals surface area contributed by atoms with Crippen LogP contribution < -0.4 is 0 Å². The highest BCUT2D eigenvalue weighted by Gasteiger charge is 2.41. The molecule has 0 aromatic rings. The van der Waals surface area contributed by atoms with Gasteiger partial charge in [-0.05, 0) is 31.6 Å². The van der Waals surface area contributed by atoms with Crippen LogP contribution in [0.2, 0.25) is 0 Å². The lowest BCUT2D eigenvalue weighted by atomic mass is 9.85. The van der Waals surface area contributed by atoms with E-state index < -0.39 is 24.0 Å². The maximum Gasteiger partial charge on any atom is 0.303 e. The average Bonchev–Trinajstić information content (AvgIpc) is 2.72. The summed E-state index contributed by atoms with van der Waals surface area (Å²) in [5.41, 5.74) is 0. The van der Waals surface area contributed by atoms with Gasteiger partial charge in [0.1, 0.15) is 11.6 Å². The number of Topliss-reactive ketones (excluding diaryl/α,β-unsaturated/α-hetero) is 2. The SMILES string of the molecule is O=C(O)CCCCC(=O)CC[C@H]1[C@H](O)CC(=O)[C@@H]1CCC(=O)O. The third-order valence-electron chi connectivity index (χ3n) is 4.36. The van der Waals surface area contributed by atoms with Gasteiger partial charge in [0.15, 0.2) is 0 Å². The maximum atomic E-state index is 11.8. The van der Waals surface area contributed by atoms with Crippen molar-refractivity contribution in [3.8, 4) is 0 Å². The number of carbonyl (C=O) groups excluding carboxylic acids is 2. The molecule has 1 aliphatic carbocycles. The summed E-state index contributed by atoms with van der Waals surface area (Å²) in [6.07, 6.45) is 1.20. The molecule has 3 N–H and O–H groups in total. The summed E-state index contributed by atoms with van der Waals surface area (Å²) in [6, 6.07) is 0. The van der Waals surface area contributed by atoms with Crippen molar-refractivity contribution in [1.82, 2.24) is 0 Å². The summed E-state index contributed by atoms with van der Waals surface area (Å²) in [6.45, 7) is 0. The Morgan fingerprint density at radius 3 is 2.13 bits per heavy atom. The molecule has 0 amide bonds. The molecule has 7 heteroatoms. The Morgan fingerprint density at radius 2 is 1.52 bits per heavy atom. The van der Waals surface area contributed by atoms with Gasteiger partial charge in [0.25, 0.3) is 0 Å². The fourth-order valence-corrected chi connectivity index (χ4v) is 3.11. The van der Waals surface area contributed by atoms with E-state index in [-0.39, 0.29) is 49.6 Å². The molecule has 3 atom stereocenters. The van der Waals surface area contributed by atoms with Crippen molar-refractivity contribution >= 4 is 23.5 Å². The number of rotatable bonds is 11. The Kier molecular flexibility index (Phi) is 7.88. The molecule has 0 radical (unpaired) electrons. The summed E-state index contributed by atoms with van der Waals surface area (Å²) >= 11 is 0. The molecule has 1 rings (SSSR count). The fraction of sp³-hybridized carbons (Fsp3) is 0.750. The predicted octanol–water partition coefficient (Wildman–Crippen LogP) is 1.41. The van der Waals surface area contributed by atoms with Crippen LogP contribution in [0.5, 0.6) is 0 Å². The molecule has 0 aromatic heterocycles. The summed E-state index contributed by atoms with van der Waals surface area (Å²) in [4.78, 5) is 44.6. The summed E-state index contributed by atoms with van der Waals surface area (Å²) in [5, 5.41) is 27.2. The second kappa shape index (κ2) is 9.39. The molecular weight excluding hydrogens is 304 g/mol. The average molecular weight is 328 g/mol. The minimum Gasteiger partial charge on any atom is -0.481 e. The first-order valence-corrected chi connectivity index (χ1v) is 7.97. The zero-order chi connectivity index (χ0) is 17.4. The van der Waals surface area contributed by atoms with E-state index in [2.05, 4.69) is 0 Å². The molecule has 1 fully saturated rings. The van der Waals surface area contributed by atoms with E-state index in [9.17, 15) is 24.3 Å². The molecule has 0 aliphatic heterocycles. The number of carbonyl (C=O) groups is 4. The normalized spacial score (nSPS) is 23.9. The molecule has 0 bridgehead atoms. The smallest absolute Gasteiger partial charge is 0.303 e. The number of hydrogen-bond donors (Lipinski definition) is 3. The largest absolute Gasteiger partial charge is 0.481 e. The Balaban J connectivity index is 2.37. The highest BCUT2D eigenvalue weighted by molar-refractivity contribution is 5.85. The molecule has 0 spiro atoms. The Bertz CT molecular complexity index is 457. The van der Waals surface area contributed by atoms with Crippen molar-refractivity contribution < 1.29 is 34.5 Å². The Morgan fingerprint density at radius 1 is 0.913 bits per heavy atom. The number of carboxylic acids is 2. The summed E-state index contributed by atoms with van der Waals surface area (Å²) in [7, 11) is 0. The number of aliphatic hydroxyl groups excluding tert-OH is 1. The van der Waals surface area contributed by atoms with Crippen LogP contribution in [0.25, 0.3) is 0 Å². The van der Waals surface area contributed by atoms with Gasteiger partial charge in [0.2, 0.25) is 0 Å². The summed E-state index contributed by atoms with van der Waals surface area (Å²) < 4.78 is 0. The van der Waals surface area contributed by atoms with Crippen LogP contribution in [-0.4, -0.2) is 44.9 Å². The lowest BCUT2D eigenvalue weighted by molar-refractivity contribution is -0.138. The van der Waals surface area contributed by atoms with Gasteiger partial charge >= 0.3 is 11.9 Å². The second-order valence-corrected chi connectivity index (χ2v) is 6.12. The van der Waals surface area contributed by atoms with Gasteiger partial charge < -0.3 is 15.3 Å². The van der Waals surface area contributed by atoms with Gasteiger partial charge in [-0.1, -0.05) is 0 Å². The number of unbranched alkanes of at least 4 members (excludes halogenated alkanes) is 1. The van der Waals surface area contributed by atoms with Gasteiger partial charge in [0, 0.05) is 38.0 Å². The van der Waals surface area contributed by atoms with Gasteiger partial charge in [0.05, 0.1) is 6.10 Å². The number of aliphatic hydroxyl groups is 1. The Hall–Kier alpha value is -1.76. The van der Waals surface area contributed by atoms with Crippen LogP contribution in [-0.2, 0) is 19.2 Å². The van der Waals surface area contributed by atoms with E-state index >= 15 is 0 Å². The lowest BCUT2D eigenvalue weighted by Crippen LogP contribution is -2.22. The molecule has 1 saturated carbocycles. The van der Waals surface area contributed by atoms with Crippen molar-refractivity contribution in [3.63, 3.8) is 0 Å². The van der Waals surface area contributed by atoms with Crippen molar-refractivity contribution in [3.05, 3.63) is 0 Å². The fourth-order valence-electron chi connectivity index (χ4n) is 3.11. The molecule has 0 saturated heterocycles. The van der Waals surface area contributed by atoms with Crippen LogP contribution in [0, 0.1) is 11.8 Å². The zero-order valence-electron chi connectivity index (χ0n) is 13.1. The number of hydrogen-bond acceptors (Lipinski definition) is 5. The van der Waals surface area contributed by atoms with Crippen LogP contribution in [0.1, 0.15) is 57.8 Å². The third-order valence-corrected chi connectivity index (χ3v) is 4.36. The molecule has 1 aliphatic rings. The molecule has 23 heavy (non-hydrogen) atoms. The van der Waals surface area contributed by atoms with E-state index in [1.165, 1.54) is 0 Å². The van der Waals surface area contributed by atoms with Gasteiger partial charge in [-0.15, -0.1) is 0 Å². The van der Waals surface area contributed by atoms with Crippen molar-refractivity contribution in [2.24, 2.45) is 11.8 Å². The third kappa shape index (κ3) is 6.90. The van der Waals surface area contributed by atoms with E-state index in [0.29, 0.717) is 25.7 Å². The van der Waals surface area contributed by atoms with Crippen LogP contribution in [0.15, 0.2) is 0 Å². The van der Waals surface area contributed by atoms with Crippen LogP contribution in [0.3, 0.4) is 0 Å². The highest BCUT2D eigenvalue weighted by Crippen LogP contribution is 2.35. The standard InChI is InChI=1S/C16H24O7/c17-10(3-1-2-4-15(20)21)5-6-11-12(7-8-16(22)23)14(19)9-13(11)18/h11-13,18H,1-9H2,(H,20,21)(H,22,23)/t11-,12-,13-/m1/s1. The number of ketones is 2. The molecule has 0 unspecified atom stereocenters. The highest BCUT2D eigenvalue weighted by atomic mass is 16.4. The maximum absolute atomic E-state index is 11.8. The quantitative estimate of drug-likeness (QED) is 0.489. The molecular formula is C16H24O7. The minimum atomic E-state index is -0.979.